The van der Waals surface area contributed by atoms with Crippen molar-refractivity contribution >= 4 is 35.0 Å². The summed E-state index contributed by atoms with van der Waals surface area (Å²) in [4.78, 5) is 31.8. The number of anilines is 1. The van der Waals surface area contributed by atoms with E-state index in [0.29, 0.717) is 23.9 Å². The van der Waals surface area contributed by atoms with Gasteiger partial charge in [-0.15, -0.1) is 0 Å². The van der Waals surface area contributed by atoms with E-state index in [-0.39, 0.29) is 30.1 Å². The van der Waals surface area contributed by atoms with Gasteiger partial charge in [0.05, 0.1) is 29.1 Å². The second-order valence-corrected chi connectivity index (χ2v) is 10.5. The molecule has 0 radical (unpaired) electrons. The number of fused-ring (bicyclic) bond motifs is 1. The second kappa shape index (κ2) is 15.4. The monoisotopic (exact) mass is 548 g/mol. The number of carbonyl (C=O) groups is 3. The quantitative estimate of drug-likeness (QED) is 0.256. The van der Waals surface area contributed by atoms with Gasteiger partial charge in [0.2, 0.25) is 0 Å². The van der Waals surface area contributed by atoms with Gasteiger partial charge in [-0.2, -0.15) is 0 Å². The van der Waals surface area contributed by atoms with Crippen LogP contribution in [0.15, 0.2) is 30.3 Å². The Bertz CT molecular complexity index is 1110. The van der Waals surface area contributed by atoms with E-state index in [1.165, 1.54) is 17.2 Å². The lowest BCUT2D eigenvalue weighted by Crippen LogP contribution is -2.16. The fourth-order valence-electron chi connectivity index (χ4n) is 4.55. The number of halogens is 2. The zero-order valence-electron chi connectivity index (χ0n) is 22.3. The van der Waals surface area contributed by atoms with Crippen molar-refractivity contribution in [3.05, 3.63) is 63.4 Å². The van der Waals surface area contributed by atoms with Crippen LogP contribution in [0.4, 0.5) is 10.1 Å². The van der Waals surface area contributed by atoms with Crippen LogP contribution in [0.5, 0.6) is 0 Å². The highest BCUT2D eigenvalue weighted by Crippen LogP contribution is 2.31. The highest BCUT2D eigenvalue weighted by molar-refractivity contribution is 6.33. The molecule has 2 aromatic rings. The summed E-state index contributed by atoms with van der Waals surface area (Å²) in [7, 11) is 0. The van der Waals surface area contributed by atoms with Crippen LogP contribution >= 0.6 is 11.6 Å². The molecule has 3 rings (SSSR count). The van der Waals surface area contributed by atoms with Crippen molar-refractivity contribution in [1.82, 2.24) is 5.32 Å². The van der Waals surface area contributed by atoms with Gasteiger partial charge in [0.25, 0.3) is 0 Å². The van der Waals surface area contributed by atoms with Gasteiger partial charge in [-0.25, -0.2) is 4.39 Å². The maximum atomic E-state index is 14.7. The van der Waals surface area contributed by atoms with E-state index in [0.717, 1.165) is 43.6 Å². The molecule has 38 heavy (non-hydrogen) atoms. The van der Waals surface area contributed by atoms with Crippen molar-refractivity contribution in [3.8, 4) is 0 Å². The van der Waals surface area contributed by atoms with Crippen molar-refractivity contribution in [2.24, 2.45) is 11.8 Å². The Hall–Kier alpha value is -2.97. The number of nitrogens with one attached hydrogen (secondary N) is 2. The standard InChI is InChI=1S/C25H32ClFN2O.C4H6O4/c1-16(2)12-17(3)13-24(30)21-6-4-18(14-23(21)27)15-29-25-20-9-11-28-10-8-19(20)5-7-22(25)26;5-3(6)1-2-4(7)8/h4-7,14,16-17,28-29H,8-13,15H2,1-3H3;1-2H2,(H,5,6)(H,7,8). The van der Waals surface area contributed by atoms with Crippen molar-refractivity contribution in [2.45, 2.75) is 65.8 Å². The van der Waals surface area contributed by atoms with Gasteiger partial charge >= 0.3 is 11.9 Å². The SMILES string of the molecule is CC(C)CC(C)CC(=O)c1ccc(CNc2c(Cl)ccc3c2CCNCC3)cc1F.O=C(O)CCC(=O)O. The maximum Gasteiger partial charge on any atom is 0.303 e. The zero-order valence-corrected chi connectivity index (χ0v) is 23.0. The lowest BCUT2D eigenvalue weighted by Gasteiger charge is -2.17. The molecule has 0 spiro atoms. The molecule has 4 N–H and O–H groups in total. The van der Waals surface area contributed by atoms with Crippen LogP contribution in [0.2, 0.25) is 5.02 Å². The predicted molar refractivity (Wildman–Crippen MR) is 148 cm³/mol. The van der Waals surface area contributed by atoms with E-state index >= 15 is 0 Å². The number of hydrogen-bond acceptors (Lipinski definition) is 5. The third-order valence-electron chi connectivity index (χ3n) is 6.25. The first-order valence-corrected chi connectivity index (χ1v) is 13.4. The molecule has 0 saturated heterocycles. The molecule has 0 fully saturated rings. The molecule has 208 valence electrons. The number of carboxylic acids is 2. The third-order valence-corrected chi connectivity index (χ3v) is 6.56. The van der Waals surface area contributed by atoms with Gasteiger partial charge in [-0.05, 0) is 79.1 Å². The molecule has 1 aliphatic rings. The van der Waals surface area contributed by atoms with Crippen LogP contribution in [0.1, 0.15) is 73.5 Å². The zero-order chi connectivity index (χ0) is 28.2. The summed E-state index contributed by atoms with van der Waals surface area (Å²) in [6.07, 6.45) is 2.64. The first kappa shape index (κ1) is 31.2. The number of aliphatic carboxylic acids is 2. The number of hydrogen-bond donors (Lipinski definition) is 4. The Morgan fingerprint density at radius 1 is 1.03 bits per heavy atom. The summed E-state index contributed by atoms with van der Waals surface area (Å²) in [5.74, 6) is -1.94. The van der Waals surface area contributed by atoms with E-state index in [9.17, 15) is 18.8 Å². The molecule has 0 amide bonds. The predicted octanol–water partition coefficient (Wildman–Crippen LogP) is 5.97. The molecular formula is C29H38ClFN2O5. The largest absolute Gasteiger partial charge is 0.481 e. The summed E-state index contributed by atoms with van der Waals surface area (Å²) in [6.45, 7) is 8.66. The van der Waals surface area contributed by atoms with E-state index in [1.807, 2.05) is 12.1 Å². The minimum Gasteiger partial charge on any atom is -0.481 e. The summed E-state index contributed by atoms with van der Waals surface area (Å²) < 4.78 is 14.7. The first-order chi connectivity index (χ1) is 18.0. The Balaban J connectivity index is 0.000000550. The van der Waals surface area contributed by atoms with E-state index in [2.05, 4.69) is 37.5 Å². The Morgan fingerprint density at radius 3 is 2.29 bits per heavy atom. The summed E-state index contributed by atoms with van der Waals surface area (Å²) >= 11 is 6.46. The molecule has 0 saturated carbocycles. The number of carboxylic acid groups (broad SMARTS) is 2. The van der Waals surface area contributed by atoms with Gasteiger partial charge in [0.15, 0.2) is 5.78 Å². The number of rotatable bonds is 11. The lowest BCUT2D eigenvalue weighted by atomic mass is 9.92. The fraction of sp³-hybridized carbons (Fsp3) is 0.483. The van der Waals surface area contributed by atoms with Crippen LogP contribution < -0.4 is 10.6 Å². The first-order valence-electron chi connectivity index (χ1n) is 13.0. The van der Waals surface area contributed by atoms with E-state index in [1.54, 1.807) is 6.07 Å². The Labute approximate surface area is 228 Å². The highest BCUT2D eigenvalue weighted by atomic mass is 35.5. The average Bonchev–Trinajstić information content (AvgIpc) is 3.07. The van der Waals surface area contributed by atoms with E-state index in [4.69, 9.17) is 21.8 Å². The van der Waals surface area contributed by atoms with Gasteiger partial charge in [0.1, 0.15) is 5.82 Å². The topological polar surface area (TPSA) is 116 Å². The molecule has 0 aliphatic carbocycles. The molecule has 1 aliphatic heterocycles. The molecule has 9 heteroatoms. The molecular weight excluding hydrogens is 511 g/mol. The fourth-order valence-corrected chi connectivity index (χ4v) is 4.79. The van der Waals surface area contributed by atoms with Gasteiger partial charge in [-0.3, -0.25) is 14.4 Å². The Kier molecular flexibility index (Phi) is 12.7. The molecule has 7 nitrogen and oxygen atoms in total. The van der Waals surface area contributed by atoms with Crippen molar-refractivity contribution in [2.75, 3.05) is 18.4 Å². The van der Waals surface area contributed by atoms with Crippen molar-refractivity contribution in [1.29, 1.82) is 0 Å². The molecule has 0 aromatic heterocycles. The van der Waals surface area contributed by atoms with E-state index < -0.39 is 17.8 Å². The molecule has 2 aromatic carbocycles. The molecule has 1 atom stereocenters. The number of benzene rings is 2. The van der Waals surface area contributed by atoms with Crippen LogP contribution in [0.25, 0.3) is 0 Å². The highest BCUT2D eigenvalue weighted by Gasteiger charge is 2.18. The van der Waals surface area contributed by atoms with Crippen LogP contribution in [-0.2, 0) is 29.0 Å². The second-order valence-electron chi connectivity index (χ2n) is 10.1. The normalized spacial score (nSPS) is 13.5. The number of carbonyl (C=O) groups excluding carboxylic acids is 1. The third kappa shape index (κ3) is 10.4. The van der Waals surface area contributed by atoms with Crippen LogP contribution in [0, 0.1) is 17.7 Å². The minimum absolute atomic E-state index is 0.121. The van der Waals surface area contributed by atoms with Gasteiger partial charge in [0, 0.05) is 13.0 Å². The summed E-state index contributed by atoms with van der Waals surface area (Å²) in [5.41, 5.74) is 4.45. The smallest absolute Gasteiger partial charge is 0.303 e. The summed E-state index contributed by atoms with van der Waals surface area (Å²) in [6, 6.07) is 8.93. The lowest BCUT2D eigenvalue weighted by molar-refractivity contribution is -0.143. The average molecular weight is 549 g/mol. The molecule has 1 unspecified atom stereocenters. The molecule has 0 bridgehead atoms. The minimum atomic E-state index is -1.08. The van der Waals surface area contributed by atoms with Crippen molar-refractivity contribution in [3.63, 3.8) is 0 Å². The van der Waals surface area contributed by atoms with Crippen LogP contribution in [0.3, 0.4) is 0 Å². The number of ketones is 1. The number of Topliss-reactive ketones (excluding diaryl/α,β-unsaturated/α-hetero) is 1. The van der Waals surface area contributed by atoms with Crippen molar-refractivity contribution < 1.29 is 29.0 Å². The van der Waals surface area contributed by atoms with Crippen LogP contribution in [-0.4, -0.2) is 41.0 Å². The maximum absolute atomic E-state index is 14.7. The Morgan fingerprint density at radius 2 is 1.68 bits per heavy atom. The molecule has 1 heterocycles. The summed E-state index contributed by atoms with van der Waals surface area (Å²) in [5, 5.41) is 23.3. The van der Waals surface area contributed by atoms with Gasteiger partial charge in [-0.1, -0.05) is 44.5 Å². The van der Waals surface area contributed by atoms with Gasteiger partial charge < -0.3 is 20.8 Å².